The highest BCUT2D eigenvalue weighted by Gasteiger charge is 2.19. The van der Waals surface area contributed by atoms with Gasteiger partial charge in [-0.3, -0.25) is 14.9 Å². The second-order valence-electron chi connectivity index (χ2n) is 3.92. The summed E-state index contributed by atoms with van der Waals surface area (Å²) in [7, 11) is 1.37. The Labute approximate surface area is 109 Å². The first-order valence-electron chi connectivity index (χ1n) is 5.62. The molecular weight excluding hydrogens is 254 g/mol. The minimum absolute atomic E-state index is 0.0790. The van der Waals surface area contributed by atoms with Crippen molar-refractivity contribution in [2.24, 2.45) is 0 Å². The summed E-state index contributed by atoms with van der Waals surface area (Å²) in [6, 6.07) is 2.40. The maximum Gasteiger partial charge on any atom is 0.283 e. The van der Waals surface area contributed by atoms with Crippen LogP contribution in [0.1, 0.15) is 23.7 Å². The molecule has 0 fully saturated rings. The predicted octanol–water partition coefficient (Wildman–Crippen LogP) is 1.57. The second-order valence-corrected chi connectivity index (χ2v) is 3.92. The Bertz CT molecular complexity index is 472. The molecule has 1 aromatic rings. The zero-order valence-corrected chi connectivity index (χ0v) is 10.7. The maximum atomic E-state index is 10.8. The number of carbonyl (C=O) groups excluding carboxylic acids is 1. The molecule has 0 heterocycles. The molecule has 19 heavy (non-hydrogen) atoms. The van der Waals surface area contributed by atoms with Crippen LogP contribution in [0, 0.1) is 10.1 Å². The van der Waals surface area contributed by atoms with E-state index in [1.54, 1.807) is 6.92 Å². The SMILES string of the molecule is COc1cc(C=O)c([N+](=O)[O-])cc1OCCC(C)O. The standard InChI is InChI=1S/C12H15NO6/c1-8(15)3-4-19-12-6-10(13(16)17)9(7-14)5-11(12)18-2/h5-8,15H,3-4H2,1-2H3. The van der Waals surface area contributed by atoms with E-state index in [0.29, 0.717) is 12.7 Å². The van der Waals surface area contributed by atoms with Gasteiger partial charge in [-0.2, -0.15) is 0 Å². The van der Waals surface area contributed by atoms with Gasteiger partial charge in [0.05, 0.1) is 36.4 Å². The quantitative estimate of drug-likeness (QED) is 0.458. The molecule has 104 valence electrons. The number of hydrogen-bond acceptors (Lipinski definition) is 6. The number of methoxy groups -OCH3 is 1. The number of hydrogen-bond donors (Lipinski definition) is 1. The molecule has 0 aliphatic rings. The molecule has 0 radical (unpaired) electrons. The molecule has 1 rings (SSSR count). The Morgan fingerprint density at radius 3 is 2.63 bits per heavy atom. The third-order valence-corrected chi connectivity index (χ3v) is 2.43. The van der Waals surface area contributed by atoms with E-state index in [-0.39, 0.29) is 29.4 Å². The lowest BCUT2D eigenvalue weighted by Crippen LogP contribution is -2.08. The molecule has 1 atom stereocenters. The van der Waals surface area contributed by atoms with E-state index in [0.717, 1.165) is 6.07 Å². The Morgan fingerprint density at radius 1 is 1.47 bits per heavy atom. The van der Waals surface area contributed by atoms with Crippen LogP contribution in [0.5, 0.6) is 11.5 Å². The van der Waals surface area contributed by atoms with Gasteiger partial charge in [0.1, 0.15) is 0 Å². The molecule has 0 bridgehead atoms. The van der Waals surface area contributed by atoms with Crippen LogP contribution in [0.25, 0.3) is 0 Å². The van der Waals surface area contributed by atoms with Gasteiger partial charge in [-0.15, -0.1) is 0 Å². The molecule has 0 aromatic heterocycles. The van der Waals surface area contributed by atoms with Crippen molar-refractivity contribution >= 4 is 12.0 Å². The topological polar surface area (TPSA) is 98.9 Å². The van der Waals surface area contributed by atoms with Crippen LogP contribution in [0.4, 0.5) is 5.69 Å². The van der Waals surface area contributed by atoms with Gasteiger partial charge in [0.2, 0.25) is 0 Å². The first-order chi connectivity index (χ1) is 8.99. The number of nitrogens with zero attached hydrogens (tertiary/aromatic N) is 1. The number of benzene rings is 1. The third kappa shape index (κ3) is 3.92. The lowest BCUT2D eigenvalue weighted by Gasteiger charge is -2.12. The minimum atomic E-state index is -0.662. The number of carbonyl (C=O) groups is 1. The molecule has 0 aliphatic heterocycles. The van der Waals surface area contributed by atoms with Gasteiger partial charge >= 0.3 is 0 Å². The van der Waals surface area contributed by atoms with Crippen molar-refractivity contribution in [2.75, 3.05) is 13.7 Å². The highest BCUT2D eigenvalue weighted by molar-refractivity contribution is 5.83. The maximum absolute atomic E-state index is 10.8. The third-order valence-electron chi connectivity index (χ3n) is 2.43. The van der Waals surface area contributed by atoms with Crippen molar-refractivity contribution in [3.8, 4) is 11.5 Å². The Kier molecular flexibility index (Phi) is 5.25. The largest absolute Gasteiger partial charge is 0.493 e. The number of aldehydes is 1. The lowest BCUT2D eigenvalue weighted by molar-refractivity contribution is -0.385. The van der Waals surface area contributed by atoms with Gasteiger partial charge in [0.25, 0.3) is 5.69 Å². The highest BCUT2D eigenvalue weighted by atomic mass is 16.6. The van der Waals surface area contributed by atoms with E-state index >= 15 is 0 Å². The van der Waals surface area contributed by atoms with Crippen molar-refractivity contribution in [1.82, 2.24) is 0 Å². The van der Waals surface area contributed by atoms with Gasteiger partial charge < -0.3 is 14.6 Å². The molecule has 1 aromatic carbocycles. The molecule has 0 spiro atoms. The monoisotopic (exact) mass is 269 g/mol. The van der Waals surface area contributed by atoms with Crippen LogP contribution in [-0.4, -0.2) is 36.1 Å². The predicted molar refractivity (Wildman–Crippen MR) is 66.8 cm³/mol. The summed E-state index contributed by atoms with van der Waals surface area (Å²) < 4.78 is 10.3. The summed E-state index contributed by atoms with van der Waals surface area (Å²) >= 11 is 0. The zero-order valence-electron chi connectivity index (χ0n) is 10.7. The smallest absolute Gasteiger partial charge is 0.283 e. The van der Waals surface area contributed by atoms with E-state index in [2.05, 4.69) is 0 Å². The molecule has 0 saturated carbocycles. The molecule has 1 unspecified atom stereocenters. The van der Waals surface area contributed by atoms with Crippen LogP contribution in [0.3, 0.4) is 0 Å². The number of rotatable bonds is 7. The van der Waals surface area contributed by atoms with E-state index < -0.39 is 11.0 Å². The number of nitro groups is 1. The van der Waals surface area contributed by atoms with Crippen LogP contribution >= 0.6 is 0 Å². The number of aliphatic hydroxyl groups excluding tert-OH is 1. The Hall–Kier alpha value is -2.15. The van der Waals surface area contributed by atoms with E-state index in [1.165, 1.54) is 13.2 Å². The summed E-state index contributed by atoms with van der Waals surface area (Å²) in [6.45, 7) is 1.80. The molecule has 7 heteroatoms. The first-order valence-corrected chi connectivity index (χ1v) is 5.62. The molecule has 0 saturated heterocycles. The summed E-state index contributed by atoms with van der Waals surface area (Å²) in [5.41, 5.74) is -0.424. The molecule has 1 N–H and O–H groups in total. The fourth-order valence-corrected chi connectivity index (χ4v) is 1.43. The fraction of sp³-hybridized carbons (Fsp3) is 0.417. The van der Waals surface area contributed by atoms with E-state index in [4.69, 9.17) is 14.6 Å². The van der Waals surface area contributed by atoms with Crippen molar-refractivity contribution in [3.05, 3.63) is 27.8 Å². The van der Waals surface area contributed by atoms with Crippen LogP contribution in [0.2, 0.25) is 0 Å². The van der Waals surface area contributed by atoms with Gasteiger partial charge in [0.15, 0.2) is 17.8 Å². The van der Waals surface area contributed by atoms with Gasteiger partial charge in [0, 0.05) is 12.5 Å². The zero-order chi connectivity index (χ0) is 14.4. The Balaban J connectivity index is 3.04. The van der Waals surface area contributed by atoms with Crippen LogP contribution in [0.15, 0.2) is 12.1 Å². The van der Waals surface area contributed by atoms with Gasteiger partial charge in [-0.25, -0.2) is 0 Å². The number of ether oxygens (including phenoxy) is 2. The average molecular weight is 269 g/mol. The lowest BCUT2D eigenvalue weighted by atomic mass is 10.1. The summed E-state index contributed by atoms with van der Waals surface area (Å²) in [5, 5.41) is 19.9. The van der Waals surface area contributed by atoms with E-state index in [1.807, 2.05) is 0 Å². The summed E-state index contributed by atoms with van der Waals surface area (Å²) in [6.07, 6.45) is 0.238. The van der Waals surface area contributed by atoms with Crippen molar-refractivity contribution in [3.63, 3.8) is 0 Å². The number of nitro benzene ring substituents is 1. The molecular formula is C12H15NO6. The first kappa shape index (κ1) is 14.9. The highest BCUT2D eigenvalue weighted by Crippen LogP contribution is 2.34. The average Bonchev–Trinajstić information content (AvgIpc) is 2.37. The molecule has 0 amide bonds. The Morgan fingerprint density at radius 2 is 2.16 bits per heavy atom. The van der Waals surface area contributed by atoms with E-state index in [9.17, 15) is 14.9 Å². The summed E-state index contributed by atoms with van der Waals surface area (Å²) in [4.78, 5) is 20.9. The van der Waals surface area contributed by atoms with Crippen molar-refractivity contribution in [1.29, 1.82) is 0 Å². The summed E-state index contributed by atoms with van der Waals surface area (Å²) in [5.74, 6) is 0.402. The minimum Gasteiger partial charge on any atom is -0.493 e. The normalized spacial score (nSPS) is 11.7. The van der Waals surface area contributed by atoms with Crippen LogP contribution in [-0.2, 0) is 0 Å². The fourth-order valence-electron chi connectivity index (χ4n) is 1.43. The van der Waals surface area contributed by atoms with Gasteiger partial charge in [-0.05, 0) is 6.92 Å². The molecule has 7 nitrogen and oxygen atoms in total. The van der Waals surface area contributed by atoms with Gasteiger partial charge in [-0.1, -0.05) is 0 Å². The van der Waals surface area contributed by atoms with Crippen molar-refractivity contribution in [2.45, 2.75) is 19.4 Å². The second kappa shape index (κ2) is 6.69. The van der Waals surface area contributed by atoms with Crippen LogP contribution < -0.4 is 9.47 Å². The van der Waals surface area contributed by atoms with Crippen molar-refractivity contribution < 1.29 is 24.3 Å². The number of aliphatic hydroxyl groups is 1. The molecule has 0 aliphatic carbocycles.